The molecule has 6 nitrogen and oxygen atoms in total. The third kappa shape index (κ3) is 5.24. The highest BCUT2D eigenvalue weighted by Crippen LogP contribution is 2.08. The number of hydrogen-bond acceptors (Lipinski definition) is 6. The first-order valence-corrected chi connectivity index (χ1v) is 6.78. The van der Waals surface area contributed by atoms with Gasteiger partial charge in [0.15, 0.2) is 0 Å². The van der Waals surface area contributed by atoms with Crippen molar-refractivity contribution < 1.29 is 14.3 Å². The second kappa shape index (κ2) is 8.41. The van der Waals surface area contributed by atoms with Crippen molar-refractivity contribution in [3.8, 4) is 5.75 Å². The number of esters is 1. The molecule has 1 heterocycles. The first kappa shape index (κ1) is 15.5. The van der Waals surface area contributed by atoms with E-state index in [-0.39, 0.29) is 0 Å². The summed E-state index contributed by atoms with van der Waals surface area (Å²) in [7, 11) is 1.32. The first-order chi connectivity index (χ1) is 10.8. The van der Waals surface area contributed by atoms with Crippen LogP contribution in [0.15, 0.2) is 48.8 Å². The summed E-state index contributed by atoms with van der Waals surface area (Å²) in [5, 5.41) is 3.10. The third-order valence-corrected chi connectivity index (χ3v) is 2.68. The van der Waals surface area contributed by atoms with Crippen LogP contribution in [-0.2, 0) is 9.53 Å². The van der Waals surface area contributed by atoms with Gasteiger partial charge in [-0.1, -0.05) is 18.2 Å². The second-order valence-electron chi connectivity index (χ2n) is 4.27. The molecule has 0 saturated heterocycles. The normalized spacial score (nSPS) is 10.4. The summed E-state index contributed by atoms with van der Waals surface area (Å²) in [6, 6.07) is 9.60. The molecular weight excluding hydrogens is 282 g/mol. The van der Waals surface area contributed by atoms with E-state index in [2.05, 4.69) is 20.0 Å². The Hall–Kier alpha value is -2.89. The predicted molar refractivity (Wildman–Crippen MR) is 83.5 cm³/mol. The van der Waals surface area contributed by atoms with Crippen LogP contribution in [0.3, 0.4) is 0 Å². The molecule has 22 heavy (non-hydrogen) atoms. The lowest BCUT2D eigenvalue weighted by Gasteiger charge is -2.07. The topological polar surface area (TPSA) is 73.3 Å². The van der Waals surface area contributed by atoms with Gasteiger partial charge in [0.1, 0.15) is 18.2 Å². The van der Waals surface area contributed by atoms with Crippen molar-refractivity contribution in [3.05, 3.63) is 54.5 Å². The van der Waals surface area contributed by atoms with E-state index >= 15 is 0 Å². The van der Waals surface area contributed by atoms with Crippen LogP contribution in [0.1, 0.15) is 5.69 Å². The fourth-order valence-electron chi connectivity index (χ4n) is 1.60. The highest BCUT2D eigenvalue weighted by Gasteiger charge is 1.97. The van der Waals surface area contributed by atoms with E-state index in [0.29, 0.717) is 24.7 Å². The summed E-state index contributed by atoms with van der Waals surface area (Å²) in [5.41, 5.74) is 0.580. The molecule has 2 aromatic rings. The van der Waals surface area contributed by atoms with Gasteiger partial charge in [0.2, 0.25) is 0 Å². The molecule has 0 atom stereocenters. The van der Waals surface area contributed by atoms with Crippen LogP contribution in [0.4, 0.5) is 5.82 Å². The molecule has 0 fully saturated rings. The molecule has 0 bridgehead atoms. The average molecular weight is 299 g/mol. The van der Waals surface area contributed by atoms with Crippen LogP contribution in [0, 0.1) is 0 Å². The molecule has 0 aliphatic heterocycles. The van der Waals surface area contributed by atoms with Gasteiger partial charge in [0.05, 0.1) is 31.7 Å². The number of carbonyl (C=O) groups is 1. The first-order valence-electron chi connectivity index (χ1n) is 6.78. The molecule has 114 valence electrons. The molecule has 2 rings (SSSR count). The molecule has 1 aromatic carbocycles. The minimum Gasteiger partial charge on any atom is -0.492 e. The van der Waals surface area contributed by atoms with E-state index in [4.69, 9.17) is 4.74 Å². The molecule has 0 saturated carbocycles. The van der Waals surface area contributed by atoms with Gasteiger partial charge in [-0.2, -0.15) is 0 Å². The standard InChI is InChI=1S/C16H17N3O3/c1-21-16(20)8-7-13-11-19-15(12-18-13)17-9-10-22-14-5-3-2-4-6-14/h2-8,11-12H,9-10H2,1H3,(H,17,19). The number of benzene rings is 1. The number of ether oxygens (including phenoxy) is 2. The van der Waals surface area contributed by atoms with Crippen LogP contribution >= 0.6 is 0 Å². The van der Waals surface area contributed by atoms with Crippen LogP contribution in [0.5, 0.6) is 5.75 Å². The third-order valence-electron chi connectivity index (χ3n) is 2.68. The maximum absolute atomic E-state index is 11.0. The van der Waals surface area contributed by atoms with Crippen LogP contribution < -0.4 is 10.1 Å². The molecule has 1 aromatic heterocycles. The van der Waals surface area contributed by atoms with E-state index in [1.165, 1.54) is 13.2 Å². The number of anilines is 1. The van der Waals surface area contributed by atoms with E-state index in [1.807, 2.05) is 30.3 Å². The lowest BCUT2D eigenvalue weighted by atomic mass is 10.3. The SMILES string of the molecule is COC(=O)C=Cc1cnc(NCCOc2ccccc2)cn1. The van der Waals surface area contributed by atoms with E-state index in [9.17, 15) is 4.79 Å². The Morgan fingerprint density at radius 1 is 1.23 bits per heavy atom. The number of nitrogens with one attached hydrogen (secondary N) is 1. The Morgan fingerprint density at radius 2 is 2.05 bits per heavy atom. The van der Waals surface area contributed by atoms with E-state index in [0.717, 1.165) is 5.75 Å². The average Bonchev–Trinajstić information content (AvgIpc) is 2.58. The zero-order chi connectivity index (χ0) is 15.6. The lowest BCUT2D eigenvalue weighted by molar-refractivity contribution is -0.134. The van der Waals surface area contributed by atoms with Crippen molar-refractivity contribution >= 4 is 17.9 Å². The Morgan fingerprint density at radius 3 is 2.73 bits per heavy atom. The van der Waals surface area contributed by atoms with Crippen molar-refractivity contribution in [3.63, 3.8) is 0 Å². The Kier molecular flexibility index (Phi) is 5.92. The number of carbonyl (C=O) groups excluding carboxylic acids is 1. The molecule has 0 unspecified atom stereocenters. The lowest BCUT2D eigenvalue weighted by Crippen LogP contribution is -2.12. The highest BCUT2D eigenvalue weighted by molar-refractivity contribution is 5.86. The zero-order valence-corrected chi connectivity index (χ0v) is 12.2. The molecular formula is C16H17N3O3. The minimum absolute atomic E-state index is 0.429. The van der Waals surface area contributed by atoms with Gasteiger partial charge in [0, 0.05) is 6.08 Å². The van der Waals surface area contributed by atoms with Gasteiger partial charge in [-0.25, -0.2) is 9.78 Å². The van der Waals surface area contributed by atoms with Gasteiger partial charge in [-0.15, -0.1) is 0 Å². The summed E-state index contributed by atoms with van der Waals surface area (Å²) in [4.78, 5) is 19.3. The Labute approximate surface area is 128 Å². The number of aromatic nitrogens is 2. The fourth-order valence-corrected chi connectivity index (χ4v) is 1.60. The smallest absolute Gasteiger partial charge is 0.330 e. The second-order valence-corrected chi connectivity index (χ2v) is 4.27. The van der Waals surface area contributed by atoms with Crippen LogP contribution in [-0.4, -0.2) is 36.2 Å². The fraction of sp³-hybridized carbons (Fsp3) is 0.188. The number of methoxy groups -OCH3 is 1. The van der Waals surface area contributed by atoms with Crippen molar-refractivity contribution in [1.29, 1.82) is 0 Å². The van der Waals surface area contributed by atoms with Crippen LogP contribution in [0.2, 0.25) is 0 Å². The molecule has 0 amide bonds. The van der Waals surface area contributed by atoms with E-state index < -0.39 is 5.97 Å². The van der Waals surface area contributed by atoms with Crippen molar-refractivity contribution in [2.75, 3.05) is 25.6 Å². The quantitative estimate of drug-likeness (QED) is 0.480. The summed E-state index contributed by atoms with van der Waals surface area (Å²) in [6.45, 7) is 1.14. The van der Waals surface area contributed by atoms with E-state index in [1.54, 1.807) is 18.5 Å². The molecule has 0 spiro atoms. The van der Waals surface area contributed by atoms with Gasteiger partial charge in [0.25, 0.3) is 0 Å². The number of hydrogen-bond donors (Lipinski definition) is 1. The highest BCUT2D eigenvalue weighted by atomic mass is 16.5. The maximum Gasteiger partial charge on any atom is 0.330 e. The summed E-state index contributed by atoms with van der Waals surface area (Å²) < 4.78 is 10.1. The predicted octanol–water partition coefficient (Wildman–Crippen LogP) is 2.15. The van der Waals surface area contributed by atoms with Gasteiger partial charge < -0.3 is 14.8 Å². The van der Waals surface area contributed by atoms with Crippen molar-refractivity contribution in [1.82, 2.24) is 9.97 Å². The van der Waals surface area contributed by atoms with Gasteiger partial charge in [-0.05, 0) is 18.2 Å². The number of para-hydroxylation sites is 1. The van der Waals surface area contributed by atoms with Crippen LogP contribution in [0.25, 0.3) is 6.08 Å². The Balaban J connectivity index is 1.74. The number of nitrogens with zero attached hydrogens (tertiary/aromatic N) is 2. The molecule has 0 aliphatic rings. The van der Waals surface area contributed by atoms with Crippen molar-refractivity contribution in [2.24, 2.45) is 0 Å². The Bertz CT molecular complexity index is 612. The summed E-state index contributed by atoms with van der Waals surface area (Å²) >= 11 is 0. The summed E-state index contributed by atoms with van der Waals surface area (Å²) in [6.07, 6.45) is 6.01. The molecule has 0 radical (unpaired) electrons. The minimum atomic E-state index is -0.429. The monoisotopic (exact) mass is 299 g/mol. The summed E-state index contributed by atoms with van der Waals surface area (Å²) in [5.74, 6) is 1.05. The van der Waals surface area contributed by atoms with Crippen molar-refractivity contribution in [2.45, 2.75) is 0 Å². The number of rotatable bonds is 7. The molecule has 0 aliphatic carbocycles. The molecule has 1 N–H and O–H groups in total. The van der Waals surface area contributed by atoms with Gasteiger partial charge >= 0.3 is 5.97 Å². The van der Waals surface area contributed by atoms with Gasteiger partial charge in [-0.3, -0.25) is 4.98 Å². The molecule has 6 heteroatoms. The largest absolute Gasteiger partial charge is 0.492 e. The zero-order valence-electron chi connectivity index (χ0n) is 12.2. The maximum atomic E-state index is 11.0.